The summed E-state index contributed by atoms with van der Waals surface area (Å²) in [5.74, 6) is -0.266. The first-order valence-corrected chi connectivity index (χ1v) is 10.0. The first kappa shape index (κ1) is 19.7. The van der Waals surface area contributed by atoms with Crippen molar-refractivity contribution in [2.75, 3.05) is 6.79 Å². The van der Waals surface area contributed by atoms with E-state index in [1.807, 2.05) is 18.2 Å². The number of benzene rings is 2. The molecule has 3 aromatic rings. The molecule has 30 heavy (non-hydrogen) atoms. The molecule has 2 aromatic carbocycles. The summed E-state index contributed by atoms with van der Waals surface area (Å²) in [5.41, 5.74) is 1.40. The number of rotatable bonds is 6. The van der Waals surface area contributed by atoms with Crippen LogP contribution in [0.15, 0.2) is 60.7 Å². The Balaban J connectivity index is 1.27. The van der Waals surface area contributed by atoms with E-state index in [0.29, 0.717) is 21.9 Å². The summed E-state index contributed by atoms with van der Waals surface area (Å²) in [6.45, 7) is 0.537. The number of hydrogen-bond acceptors (Lipinski definition) is 6. The minimum atomic E-state index is -0.736. The SMILES string of the molecule is O=C(NCc1ccc2c(c1)OCO2)C(=O)NCc1ccc(C(=O)c2ccccc2)s1. The summed E-state index contributed by atoms with van der Waals surface area (Å²) in [7, 11) is 0. The Morgan fingerprint density at radius 3 is 2.37 bits per heavy atom. The third-order valence-electron chi connectivity index (χ3n) is 4.44. The summed E-state index contributed by atoms with van der Waals surface area (Å²) >= 11 is 1.29. The van der Waals surface area contributed by atoms with Gasteiger partial charge in [-0.3, -0.25) is 14.4 Å². The van der Waals surface area contributed by atoms with E-state index in [-0.39, 0.29) is 25.7 Å². The molecule has 0 spiro atoms. The number of hydrogen-bond donors (Lipinski definition) is 2. The lowest BCUT2D eigenvalue weighted by Gasteiger charge is -2.06. The summed E-state index contributed by atoms with van der Waals surface area (Å²) in [6, 6.07) is 17.8. The highest BCUT2D eigenvalue weighted by molar-refractivity contribution is 7.14. The summed E-state index contributed by atoms with van der Waals surface area (Å²) in [4.78, 5) is 37.9. The molecule has 4 rings (SSSR count). The van der Waals surface area contributed by atoms with Crippen molar-refractivity contribution >= 4 is 28.9 Å². The molecule has 2 heterocycles. The van der Waals surface area contributed by atoms with Gasteiger partial charge in [-0.1, -0.05) is 36.4 Å². The van der Waals surface area contributed by atoms with Gasteiger partial charge < -0.3 is 20.1 Å². The summed E-state index contributed by atoms with van der Waals surface area (Å²) < 4.78 is 10.5. The van der Waals surface area contributed by atoms with E-state index in [1.54, 1.807) is 42.5 Å². The van der Waals surface area contributed by atoms with Gasteiger partial charge in [0.15, 0.2) is 11.5 Å². The van der Waals surface area contributed by atoms with Gasteiger partial charge in [0.2, 0.25) is 12.6 Å². The minimum absolute atomic E-state index is 0.0698. The van der Waals surface area contributed by atoms with Crippen LogP contribution in [0.4, 0.5) is 0 Å². The molecule has 0 atom stereocenters. The number of fused-ring (bicyclic) bond motifs is 1. The smallest absolute Gasteiger partial charge is 0.309 e. The molecule has 1 aliphatic heterocycles. The number of ether oxygens (including phenoxy) is 2. The first-order valence-electron chi connectivity index (χ1n) is 9.23. The van der Waals surface area contributed by atoms with Crippen LogP contribution in [0.25, 0.3) is 0 Å². The monoisotopic (exact) mass is 422 g/mol. The first-order chi connectivity index (χ1) is 14.6. The number of nitrogens with one attached hydrogen (secondary N) is 2. The molecule has 0 radical (unpaired) electrons. The molecular weight excluding hydrogens is 404 g/mol. The average Bonchev–Trinajstić information content (AvgIpc) is 3.45. The zero-order valence-electron chi connectivity index (χ0n) is 15.8. The zero-order chi connectivity index (χ0) is 20.9. The predicted octanol–water partition coefficient (Wildman–Crippen LogP) is 2.64. The Morgan fingerprint density at radius 1 is 0.833 bits per heavy atom. The van der Waals surface area contributed by atoms with Gasteiger partial charge in [0.1, 0.15) is 0 Å². The van der Waals surface area contributed by atoms with Crippen molar-refractivity contribution < 1.29 is 23.9 Å². The highest BCUT2D eigenvalue weighted by atomic mass is 32.1. The molecule has 2 N–H and O–H groups in total. The molecule has 2 amide bonds. The van der Waals surface area contributed by atoms with Crippen LogP contribution in [-0.4, -0.2) is 24.4 Å². The maximum absolute atomic E-state index is 12.4. The fourth-order valence-corrected chi connectivity index (χ4v) is 3.80. The summed E-state index contributed by atoms with van der Waals surface area (Å²) in [5, 5.41) is 5.15. The minimum Gasteiger partial charge on any atom is -0.454 e. The van der Waals surface area contributed by atoms with Gasteiger partial charge in [0.25, 0.3) is 0 Å². The van der Waals surface area contributed by atoms with E-state index in [4.69, 9.17) is 9.47 Å². The second-order valence-electron chi connectivity index (χ2n) is 6.51. The topological polar surface area (TPSA) is 93.7 Å². The van der Waals surface area contributed by atoms with Gasteiger partial charge in [0.05, 0.1) is 11.4 Å². The lowest BCUT2D eigenvalue weighted by molar-refractivity contribution is -0.139. The van der Waals surface area contributed by atoms with Gasteiger partial charge in [-0.2, -0.15) is 0 Å². The molecule has 0 fully saturated rings. The second kappa shape index (κ2) is 8.79. The fourth-order valence-electron chi connectivity index (χ4n) is 2.89. The molecule has 1 aromatic heterocycles. The molecule has 0 aliphatic carbocycles. The number of carbonyl (C=O) groups excluding carboxylic acids is 3. The van der Waals surface area contributed by atoms with Gasteiger partial charge in [-0.25, -0.2) is 0 Å². The zero-order valence-corrected chi connectivity index (χ0v) is 16.7. The fraction of sp³-hybridized carbons (Fsp3) is 0.136. The van der Waals surface area contributed by atoms with Crippen LogP contribution < -0.4 is 20.1 Å². The van der Waals surface area contributed by atoms with Crippen LogP contribution in [0.1, 0.15) is 25.7 Å². The van der Waals surface area contributed by atoms with Gasteiger partial charge in [-0.15, -0.1) is 11.3 Å². The highest BCUT2D eigenvalue weighted by Crippen LogP contribution is 2.32. The van der Waals surface area contributed by atoms with Crippen molar-refractivity contribution in [3.63, 3.8) is 0 Å². The van der Waals surface area contributed by atoms with E-state index < -0.39 is 11.8 Å². The Bertz CT molecular complexity index is 1090. The molecule has 8 heteroatoms. The molecule has 0 saturated heterocycles. The average molecular weight is 422 g/mol. The lowest BCUT2D eigenvalue weighted by Crippen LogP contribution is -2.39. The maximum Gasteiger partial charge on any atom is 0.309 e. The Hall–Kier alpha value is -3.65. The molecule has 0 unspecified atom stereocenters. The highest BCUT2D eigenvalue weighted by Gasteiger charge is 2.17. The van der Waals surface area contributed by atoms with Gasteiger partial charge in [-0.05, 0) is 29.8 Å². The Kier molecular flexibility index (Phi) is 5.76. The van der Waals surface area contributed by atoms with Crippen LogP contribution in [0.2, 0.25) is 0 Å². The Morgan fingerprint density at radius 2 is 1.57 bits per heavy atom. The molecule has 7 nitrogen and oxygen atoms in total. The number of thiophene rings is 1. The third kappa shape index (κ3) is 4.49. The van der Waals surface area contributed by atoms with Crippen LogP contribution in [-0.2, 0) is 22.7 Å². The molecule has 0 saturated carbocycles. The quantitative estimate of drug-likeness (QED) is 0.471. The van der Waals surface area contributed by atoms with E-state index in [0.717, 1.165) is 10.4 Å². The van der Waals surface area contributed by atoms with Crippen molar-refractivity contribution in [2.24, 2.45) is 0 Å². The van der Waals surface area contributed by atoms with Crippen molar-refractivity contribution in [1.82, 2.24) is 10.6 Å². The van der Waals surface area contributed by atoms with E-state index in [9.17, 15) is 14.4 Å². The van der Waals surface area contributed by atoms with E-state index in [1.165, 1.54) is 11.3 Å². The normalized spacial score (nSPS) is 11.7. The molecule has 0 bridgehead atoms. The van der Waals surface area contributed by atoms with Crippen molar-refractivity contribution in [1.29, 1.82) is 0 Å². The van der Waals surface area contributed by atoms with Crippen LogP contribution in [0.3, 0.4) is 0 Å². The van der Waals surface area contributed by atoms with E-state index in [2.05, 4.69) is 10.6 Å². The third-order valence-corrected chi connectivity index (χ3v) is 5.52. The second-order valence-corrected chi connectivity index (χ2v) is 7.68. The van der Waals surface area contributed by atoms with Gasteiger partial charge in [0, 0.05) is 17.0 Å². The number of ketones is 1. The van der Waals surface area contributed by atoms with Gasteiger partial charge >= 0.3 is 11.8 Å². The molecular formula is C22H18N2O5S. The molecule has 152 valence electrons. The van der Waals surface area contributed by atoms with Crippen molar-refractivity contribution in [3.8, 4) is 11.5 Å². The largest absolute Gasteiger partial charge is 0.454 e. The molecule has 1 aliphatic rings. The van der Waals surface area contributed by atoms with Crippen LogP contribution in [0, 0.1) is 0 Å². The van der Waals surface area contributed by atoms with Crippen molar-refractivity contribution in [3.05, 3.63) is 81.5 Å². The lowest BCUT2D eigenvalue weighted by atomic mass is 10.1. The predicted molar refractivity (Wildman–Crippen MR) is 110 cm³/mol. The van der Waals surface area contributed by atoms with Crippen molar-refractivity contribution in [2.45, 2.75) is 13.1 Å². The Labute approximate surface area is 176 Å². The standard InChI is InChI=1S/C22H18N2O5S/c25-20(15-4-2-1-3-5-15)19-9-7-16(30-19)12-24-22(27)21(26)23-11-14-6-8-17-18(10-14)29-13-28-17/h1-10H,11-13H2,(H,23,26)(H,24,27). The number of carbonyl (C=O) groups is 3. The van der Waals surface area contributed by atoms with E-state index >= 15 is 0 Å². The van der Waals surface area contributed by atoms with Crippen LogP contribution >= 0.6 is 11.3 Å². The summed E-state index contributed by atoms with van der Waals surface area (Å²) in [6.07, 6.45) is 0. The number of amides is 2. The van der Waals surface area contributed by atoms with Crippen LogP contribution in [0.5, 0.6) is 11.5 Å². The maximum atomic E-state index is 12.4.